The van der Waals surface area contributed by atoms with E-state index in [4.69, 9.17) is 0 Å². The quantitative estimate of drug-likeness (QED) is 0.0162. The van der Waals surface area contributed by atoms with E-state index in [1.54, 1.807) is 23.9 Å². The zero-order valence-corrected chi connectivity index (χ0v) is 64.5. The Morgan fingerprint density at radius 2 is 0.709 bits per heavy atom. The summed E-state index contributed by atoms with van der Waals surface area (Å²) in [5.41, 5.74) is 3.60. The van der Waals surface area contributed by atoms with Crippen molar-refractivity contribution in [2.75, 3.05) is 40.3 Å². The van der Waals surface area contributed by atoms with Gasteiger partial charge in [0.1, 0.15) is 24.2 Å². The lowest BCUT2D eigenvalue weighted by molar-refractivity contribution is -0.145. The van der Waals surface area contributed by atoms with E-state index in [-0.39, 0.29) is 59.4 Å². The van der Waals surface area contributed by atoms with Crippen LogP contribution in [-0.2, 0) is 75.4 Å². The molecule has 0 aliphatic carbocycles. The molecule has 10 N–H and O–H groups in total. The van der Waals surface area contributed by atoms with Gasteiger partial charge in [0.15, 0.2) is 11.1 Å². The molecule has 0 bridgehead atoms. The zero-order valence-electron chi connectivity index (χ0n) is 64.5. The molecule has 20 heteroatoms. The maximum absolute atomic E-state index is 15.3. The van der Waals surface area contributed by atoms with E-state index in [1.807, 2.05) is 172 Å². The Hall–Kier alpha value is -9.86. The van der Waals surface area contributed by atoms with Crippen LogP contribution in [-0.4, -0.2) is 146 Å². The second-order valence-corrected chi connectivity index (χ2v) is 30.2. The van der Waals surface area contributed by atoms with Crippen molar-refractivity contribution in [1.29, 1.82) is 0 Å². The van der Waals surface area contributed by atoms with Crippen molar-refractivity contribution in [3.63, 3.8) is 0 Å². The van der Waals surface area contributed by atoms with Crippen LogP contribution in [0.3, 0.4) is 0 Å². The van der Waals surface area contributed by atoms with Crippen molar-refractivity contribution >= 4 is 47.3 Å². The summed E-state index contributed by atoms with van der Waals surface area (Å²) >= 11 is 0. The summed E-state index contributed by atoms with van der Waals surface area (Å²) in [5.74, 6) is -3.05. The van der Waals surface area contributed by atoms with Crippen molar-refractivity contribution in [1.82, 2.24) is 63.0 Å². The topological polar surface area (TPSA) is 263 Å². The van der Waals surface area contributed by atoms with Crippen molar-refractivity contribution in [3.05, 3.63) is 251 Å². The normalized spacial score (nSPS) is 20.4. The predicted molar refractivity (Wildman–Crippen MR) is 430 cm³/mol. The number of benzene rings is 7. The molecule has 1 unspecified atom stereocenters. The number of carbonyl (C=O) groups is 8. The van der Waals surface area contributed by atoms with E-state index in [1.165, 1.54) is 0 Å². The van der Waals surface area contributed by atoms with E-state index >= 15 is 28.8 Å². The molecule has 4 fully saturated rings. The molecular formula is C90H114N12O8. The van der Waals surface area contributed by atoms with Crippen LogP contribution in [0, 0.1) is 11.8 Å². The fraction of sp³-hybridized carbons (Fsp3) is 0.444. The molecule has 20 nitrogen and oxygen atoms in total. The maximum atomic E-state index is 15.3. The monoisotopic (exact) mass is 1490 g/mol. The Morgan fingerprint density at radius 3 is 1.03 bits per heavy atom. The van der Waals surface area contributed by atoms with Gasteiger partial charge in [-0.25, -0.2) is 0 Å². The van der Waals surface area contributed by atoms with Crippen LogP contribution < -0.4 is 53.2 Å². The molecule has 7 aromatic carbocycles. The molecule has 4 aliphatic rings. The molecule has 4 heterocycles. The van der Waals surface area contributed by atoms with Crippen molar-refractivity contribution < 1.29 is 38.4 Å². The molecule has 11 rings (SSSR count). The average Bonchev–Trinajstić information content (AvgIpc) is 0.931. The Labute approximate surface area is 650 Å². The maximum Gasteiger partial charge on any atom is 0.255 e. The number of unbranched alkanes of at least 4 members (excludes halogenated alkanes) is 2. The highest BCUT2D eigenvalue weighted by molar-refractivity contribution is 6.01. The minimum atomic E-state index is -1.66. The standard InChI is InChI=1S/C90H114N12O8/c1-5-75(91-3)81(103)97-79-67(55-59-93-61-65-31-13-7-14-32-65)47-49-73-51-53-77(101(73)85(79)107)83(105)99-89(69-35-17-9-18-36-69,70-37-19-10-20-38-70)87(109)95-57-27-25-29-63-43-45-64(46-44-63)30-26-28-58-96-88(110)90(71-39-21-11-22-40-71,72-41-23-12-24-42-72)100-84(106)78-54-52-74-50-48-68(56-60-94-62-66-33-15-8-16-34-66)80(86(108)102(74)78)98-82(104)76(6-2)92-4/h7-24,31-46,67-68,73-80,91-94H,5-6,25-30,47-62H2,1-4H3,(H,95,109)(H,96,110)(H,97,103)(H,98,104)(H,99,105)(H,100,106)/t67-,68-,73+,74+,75+,76+,77+,78?,79+,80+/m1/s1. The number of fused-ring (bicyclic) bond motifs is 2. The first kappa shape index (κ1) is 81.1. The van der Waals surface area contributed by atoms with Gasteiger partial charge in [-0.15, -0.1) is 0 Å². The molecule has 10 atom stereocenters. The first-order chi connectivity index (χ1) is 53.7. The summed E-state index contributed by atoms with van der Waals surface area (Å²) in [6.07, 6.45) is 11.6. The van der Waals surface area contributed by atoms with Crippen LogP contribution in [0.4, 0.5) is 0 Å². The molecule has 0 radical (unpaired) electrons. The minimum Gasteiger partial charge on any atom is -0.353 e. The Bertz CT molecular complexity index is 3760. The van der Waals surface area contributed by atoms with Gasteiger partial charge in [-0.3, -0.25) is 38.4 Å². The molecule has 7 aromatic rings. The van der Waals surface area contributed by atoms with Gasteiger partial charge in [0, 0.05) is 38.3 Å². The lowest BCUT2D eigenvalue weighted by Crippen LogP contribution is -2.62. The Balaban J connectivity index is 0.701. The average molecular weight is 1490 g/mol. The second kappa shape index (κ2) is 40.2. The van der Waals surface area contributed by atoms with Crippen LogP contribution in [0.25, 0.3) is 0 Å². The number of carbonyl (C=O) groups excluding carboxylic acids is 8. The molecule has 582 valence electrons. The van der Waals surface area contributed by atoms with Gasteiger partial charge in [0.25, 0.3) is 11.8 Å². The molecule has 0 saturated carbocycles. The SMILES string of the molecule is CC[C@H](NC)C(=O)N[C@@H]1C(=O)N2C(C(=O)NC(C(=O)NCCCCc3ccc(CCCCNC(=O)C(NC(=O)[C@@H]4CC[C@@H]5CC[C@H](CCNCc6ccccc6)[C@H](NC(=O)[C@H](CC)NC)C(=O)N54)(c4ccccc4)c4ccccc4)cc3)(c3ccccc3)c3ccccc3)CC[C@@H]2CC[C@@H]1CCNCc1ccccc1. The largest absolute Gasteiger partial charge is 0.353 e. The van der Waals surface area contributed by atoms with Crippen LogP contribution in [0.5, 0.6) is 0 Å². The third kappa shape index (κ3) is 19.8. The highest BCUT2D eigenvalue weighted by Crippen LogP contribution is 2.40. The van der Waals surface area contributed by atoms with Gasteiger partial charge in [0.05, 0.1) is 12.1 Å². The summed E-state index contributed by atoms with van der Waals surface area (Å²) < 4.78 is 0. The van der Waals surface area contributed by atoms with Crippen LogP contribution in [0.15, 0.2) is 206 Å². The smallest absolute Gasteiger partial charge is 0.255 e. The highest BCUT2D eigenvalue weighted by atomic mass is 16.2. The number of nitrogens with one attached hydrogen (secondary N) is 10. The van der Waals surface area contributed by atoms with Gasteiger partial charge in [-0.2, -0.15) is 0 Å². The van der Waals surface area contributed by atoms with Crippen molar-refractivity contribution in [2.24, 2.45) is 11.8 Å². The van der Waals surface area contributed by atoms with Gasteiger partial charge in [0.2, 0.25) is 35.4 Å². The lowest BCUT2D eigenvalue weighted by atomic mass is 9.81. The molecule has 4 aliphatic heterocycles. The fourth-order valence-corrected chi connectivity index (χ4v) is 17.1. The zero-order chi connectivity index (χ0) is 77.2. The molecular weight excluding hydrogens is 1380 g/mol. The Morgan fingerprint density at radius 1 is 0.391 bits per heavy atom. The second-order valence-electron chi connectivity index (χ2n) is 30.2. The number of aryl methyl sites for hydroxylation is 2. The molecule has 8 amide bonds. The number of hydrogen-bond donors (Lipinski definition) is 10. The van der Waals surface area contributed by atoms with E-state index in [0.29, 0.717) is 151 Å². The van der Waals surface area contributed by atoms with Gasteiger partial charge in [-0.1, -0.05) is 220 Å². The number of likely N-dealkylation sites (N-methyl/N-ethyl adjacent to an activating group) is 2. The Kier molecular flexibility index (Phi) is 29.6. The summed E-state index contributed by atoms with van der Waals surface area (Å²) in [6.45, 7) is 7.17. The third-order valence-corrected chi connectivity index (χ3v) is 23.3. The summed E-state index contributed by atoms with van der Waals surface area (Å²) in [6, 6.07) is 61.2. The number of amides is 8. The first-order valence-electron chi connectivity index (χ1n) is 40.3. The first-order valence-corrected chi connectivity index (χ1v) is 40.3. The minimum absolute atomic E-state index is 0.173. The lowest BCUT2D eigenvalue weighted by Gasteiger charge is -2.38. The number of hydrogen-bond acceptors (Lipinski definition) is 12. The molecule has 110 heavy (non-hydrogen) atoms. The van der Waals surface area contributed by atoms with E-state index < -0.39 is 59.1 Å². The van der Waals surface area contributed by atoms with Crippen molar-refractivity contribution in [3.8, 4) is 0 Å². The highest BCUT2D eigenvalue weighted by Gasteiger charge is 2.53. The third-order valence-electron chi connectivity index (χ3n) is 23.3. The summed E-state index contributed by atoms with van der Waals surface area (Å²) in [4.78, 5) is 123. The van der Waals surface area contributed by atoms with E-state index in [2.05, 4.69) is 102 Å². The fourth-order valence-electron chi connectivity index (χ4n) is 17.1. The van der Waals surface area contributed by atoms with Gasteiger partial charge < -0.3 is 63.0 Å². The van der Waals surface area contributed by atoms with Crippen LogP contribution in [0.1, 0.15) is 161 Å². The summed E-state index contributed by atoms with van der Waals surface area (Å²) in [5, 5.41) is 32.6. The number of nitrogens with zero attached hydrogens (tertiary/aromatic N) is 2. The van der Waals surface area contributed by atoms with Crippen LogP contribution in [0.2, 0.25) is 0 Å². The molecule has 0 aromatic heterocycles. The molecule has 4 saturated heterocycles. The molecule has 0 spiro atoms. The summed E-state index contributed by atoms with van der Waals surface area (Å²) in [7, 11) is 3.48. The van der Waals surface area contributed by atoms with Gasteiger partial charge in [-0.05, 0) is 199 Å². The van der Waals surface area contributed by atoms with Crippen LogP contribution >= 0.6 is 0 Å². The van der Waals surface area contributed by atoms with Gasteiger partial charge >= 0.3 is 0 Å². The van der Waals surface area contributed by atoms with E-state index in [9.17, 15) is 9.59 Å². The number of rotatable bonds is 38. The van der Waals surface area contributed by atoms with E-state index in [0.717, 1.165) is 47.9 Å². The predicted octanol–water partition coefficient (Wildman–Crippen LogP) is 9.55. The van der Waals surface area contributed by atoms with Crippen molar-refractivity contribution in [2.45, 2.75) is 202 Å².